The molecule has 5 nitrogen and oxygen atoms in total. The molecule has 1 aliphatic heterocycles. The lowest BCUT2D eigenvalue weighted by atomic mass is 9.86. The van der Waals surface area contributed by atoms with E-state index < -0.39 is 30.5 Å². The van der Waals surface area contributed by atoms with Crippen LogP contribution < -0.4 is 5.73 Å². The van der Waals surface area contributed by atoms with Gasteiger partial charge >= 0.3 is 0 Å². The normalized spacial score (nSPS) is 40.6. The summed E-state index contributed by atoms with van der Waals surface area (Å²) in [7, 11) is 0. The van der Waals surface area contributed by atoms with Crippen LogP contribution in [0.4, 0.5) is 0 Å². The molecule has 1 rings (SSSR count). The van der Waals surface area contributed by atoms with Crippen LogP contribution in [0.1, 0.15) is 33.6 Å². The van der Waals surface area contributed by atoms with Gasteiger partial charge in [0.2, 0.25) is 0 Å². The van der Waals surface area contributed by atoms with Crippen molar-refractivity contribution in [3.8, 4) is 0 Å². The number of aliphatic hydroxyl groups is 3. The SMILES string of the molecule is CCCC1OC(C(N)C(C)C)C(O)C(O)C1O. The average molecular weight is 247 g/mol. The highest BCUT2D eigenvalue weighted by Crippen LogP contribution is 2.27. The van der Waals surface area contributed by atoms with E-state index in [4.69, 9.17) is 10.5 Å². The molecule has 0 amide bonds. The van der Waals surface area contributed by atoms with E-state index >= 15 is 0 Å². The van der Waals surface area contributed by atoms with Crippen LogP contribution in [0.25, 0.3) is 0 Å². The highest BCUT2D eigenvalue weighted by Gasteiger charge is 2.45. The maximum atomic E-state index is 9.90. The highest BCUT2D eigenvalue weighted by atomic mass is 16.5. The van der Waals surface area contributed by atoms with Gasteiger partial charge in [0.05, 0.1) is 6.10 Å². The van der Waals surface area contributed by atoms with E-state index in [1.165, 1.54) is 0 Å². The van der Waals surface area contributed by atoms with Crippen molar-refractivity contribution in [1.29, 1.82) is 0 Å². The Kier molecular flexibility index (Phi) is 5.34. The summed E-state index contributed by atoms with van der Waals surface area (Å²) in [6.07, 6.45) is -2.94. The van der Waals surface area contributed by atoms with Crippen LogP contribution in [0.5, 0.6) is 0 Å². The zero-order valence-corrected chi connectivity index (χ0v) is 10.8. The van der Waals surface area contributed by atoms with Gasteiger partial charge in [-0.2, -0.15) is 0 Å². The van der Waals surface area contributed by atoms with Crippen LogP contribution in [-0.2, 0) is 4.74 Å². The van der Waals surface area contributed by atoms with Crippen molar-refractivity contribution in [2.24, 2.45) is 11.7 Å². The molecule has 5 heteroatoms. The first kappa shape index (κ1) is 14.9. The lowest BCUT2D eigenvalue weighted by Gasteiger charge is -2.43. The van der Waals surface area contributed by atoms with Crippen molar-refractivity contribution in [1.82, 2.24) is 0 Å². The molecule has 0 spiro atoms. The van der Waals surface area contributed by atoms with Gasteiger partial charge in [-0.1, -0.05) is 27.2 Å². The van der Waals surface area contributed by atoms with Crippen molar-refractivity contribution >= 4 is 0 Å². The third kappa shape index (κ3) is 3.17. The summed E-state index contributed by atoms with van der Waals surface area (Å²) in [6, 6.07) is -0.355. The number of nitrogens with two attached hydrogens (primary N) is 1. The van der Waals surface area contributed by atoms with Crippen LogP contribution in [0.3, 0.4) is 0 Å². The number of hydrogen-bond donors (Lipinski definition) is 4. The molecule has 102 valence electrons. The number of aliphatic hydroxyl groups excluding tert-OH is 3. The predicted molar refractivity (Wildman–Crippen MR) is 64.4 cm³/mol. The topological polar surface area (TPSA) is 95.9 Å². The average Bonchev–Trinajstić information content (AvgIpc) is 2.29. The fraction of sp³-hybridized carbons (Fsp3) is 1.00. The lowest BCUT2D eigenvalue weighted by Crippen LogP contribution is -2.62. The molecule has 17 heavy (non-hydrogen) atoms. The molecule has 1 saturated heterocycles. The second kappa shape index (κ2) is 6.11. The largest absolute Gasteiger partial charge is 0.388 e. The minimum atomic E-state index is -1.19. The van der Waals surface area contributed by atoms with Crippen molar-refractivity contribution in [3.05, 3.63) is 0 Å². The van der Waals surface area contributed by atoms with Crippen molar-refractivity contribution in [3.63, 3.8) is 0 Å². The van der Waals surface area contributed by atoms with E-state index in [2.05, 4.69) is 0 Å². The first-order valence-corrected chi connectivity index (χ1v) is 6.35. The predicted octanol–water partition coefficient (Wildman–Crippen LogP) is -0.380. The molecule has 0 saturated carbocycles. The fourth-order valence-corrected chi connectivity index (χ4v) is 2.20. The van der Waals surface area contributed by atoms with Gasteiger partial charge in [-0.15, -0.1) is 0 Å². The van der Waals surface area contributed by atoms with E-state index in [0.717, 1.165) is 6.42 Å². The van der Waals surface area contributed by atoms with Crippen LogP contribution in [0.15, 0.2) is 0 Å². The molecule has 5 N–H and O–H groups in total. The van der Waals surface area contributed by atoms with Crippen LogP contribution >= 0.6 is 0 Å². The third-order valence-corrected chi connectivity index (χ3v) is 3.47. The molecule has 0 aromatic carbocycles. The monoisotopic (exact) mass is 247 g/mol. The molecule has 6 atom stereocenters. The Balaban J connectivity index is 2.77. The zero-order chi connectivity index (χ0) is 13.2. The van der Waals surface area contributed by atoms with Crippen molar-refractivity contribution in [2.45, 2.75) is 70.2 Å². The summed E-state index contributed by atoms with van der Waals surface area (Å²) in [5.41, 5.74) is 5.97. The maximum absolute atomic E-state index is 9.90. The Morgan fingerprint density at radius 3 is 2.18 bits per heavy atom. The van der Waals surface area contributed by atoms with E-state index in [-0.39, 0.29) is 12.0 Å². The van der Waals surface area contributed by atoms with Gasteiger partial charge < -0.3 is 25.8 Å². The van der Waals surface area contributed by atoms with E-state index in [1.807, 2.05) is 20.8 Å². The molecular weight excluding hydrogens is 222 g/mol. The molecule has 0 aromatic heterocycles. The van der Waals surface area contributed by atoms with E-state index in [0.29, 0.717) is 6.42 Å². The summed E-state index contributed by atoms with van der Waals surface area (Å²) in [5, 5.41) is 29.5. The first-order valence-electron chi connectivity index (χ1n) is 6.35. The van der Waals surface area contributed by atoms with Crippen LogP contribution in [0, 0.1) is 5.92 Å². The zero-order valence-electron chi connectivity index (χ0n) is 10.8. The molecule has 6 unspecified atom stereocenters. The molecule has 1 fully saturated rings. The Morgan fingerprint density at radius 1 is 1.12 bits per heavy atom. The standard InChI is InChI=1S/C12H25NO4/c1-4-5-7-9(14)10(15)11(16)12(17-7)8(13)6(2)3/h6-12,14-16H,4-5,13H2,1-3H3. The molecule has 0 bridgehead atoms. The molecule has 0 aliphatic carbocycles. The van der Waals surface area contributed by atoms with Crippen molar-refractivity contribution in [2.75, 3.05) is 0 Å². The summed E-state index contributed by atoms with van der Waals surface area (Å²) >= 11 is 0. The third-order valence-electron chi connectivity index (χ3n) is 3.47. The molecule has 1 heterocycles. The first-order chi connectivity index (χ1) is 7.90. The second-order valence-corrected chi connectivity index (χ2v) is 5.22. The van der Waals surface area contributed by atoms with E-state index in [1.54, 1.807) is 0 Å². The molecule has 0 radical (unpaired) electrons. The van der Waals surface area contributed by atoms with Gasteiger partial charge in [0.1, 0.15) is 24.4 Å². The Hall–Kier alpha value is -0.200. The molecular formula is C12H25NO4. The minimum Gasteiger partial charge on any atom is -0.388 e. The highest BCUT2D eigenvalue weighted by molar-refractivity contribution is 4.96. The van der Waals surface area contributed by atoms with Crippen LogP contribution in [-0.4, -0.2) is 51.9 Å². The smallest absolute Gasteiger partial charge is 0.111 e. The molecule has 1 aliphatic rings. The van der Waals surface area contributed by atoms with Gasteiger partial charge in [-0.05, 0) is 12.3 Å². The summed E-state index contributed by atoms with van der Waals surface area (Å²) < 4.78 is 5.66. The minimum absolute atomic E-state index is 0.138. The molecule has 0 aromatic rings. The van der Waals surface area contributed by atoms with Gasteiger partial charge in [0, 0.05) is 6.04 Å². The number of rotatable bonds is 4. The number of hydrogen-bond acceptors (Lipinski definition) is 5. The Bertz CT molecular complexity index is 237. The van der Waals surface area contributed by atoms with Gasteiger partial charge in [-0.3, -0.25) is 0 Å². The lowest BCUT2D eigenvalue weighted by molar-refractivity contribution is -0.230. The van der Waals surface area contributed by atoms with Crippen LogP contribution in [0.2, 0.25) is 0 Å². The summed E-state index contributed by atoms with van der Waals surface area (Å²) in [4.78, 5) is 0. The summed E-state index contributed by atoms with van der Waals surface area (Å²) in [6.45, 7) is 5.85. The Labute approximate surface area is 103 Å². The van der Waals surface area contributed by atoms with E-state index in [9.17, 15) is 15.3 Å². The summed E-state index contributed by atoms with van der Waals surface area (Å²) in [5.74, 6) is 0.138. The number of ether oxygens (including phenoxy) is 1. The maximum Gasteiger partial charge on any atom is 0.111 e. The van der Waals surface area contributed by atoms with Gasteiger partial charge in [0.25, 0.3) is 0 Å². The Morgan fingerprint density at radius 2 is 1.71 bits per heavy atom. The fourth-order valence-electron chi connectivity index (χ4n) is 2.20. The quantitative estimate of drug-likeness (QED) is 0.543. The van der Waals surface area contributed by atoms with Crippen molar-refractivity contribution < 1.29 is 20.1 Å². The second-order valence-electron chi connectivity index (χ2n) is 5.22. The van der Waals surface area contributed by atoms with Gasteiger partial charge in [0.15, 0.2) is 0 Å². The van der Waals surface area contributed by atoms with Gasteiger partial charge in [-0.25, -0.2) is 0 Å².